The van der Waals surface area contributed by atoms with Crippen molar-refractivity contribution >= 4 is 35.8 Å². The number of hydrogen-bond donors (Lipinski definition) is 2. The van der Waals surface area contributed by atoms with Crippen LogP contribution in [0.2, 0.25) is 0 Å². The molecule has 2 N–H and O–H groups in total. The molecule has 27 heavy (non-hydrogen) atoms. The third-order valence-electron chi connectivity index (χ3n) is 4.35. The van der Waals surface area contributed by atoms with E-state index in [-0.39, 0.29) is 41.8 Å². The highest BCUT2D eigenvalue weighted by molar-refractivity contribution is 14.0. The van der Waals surface area contributed by atoms with Crippen molar-refractivity contribution < 1.29 is 13.9 Å². The second-order valence-corrected chi connectivity index (χ2v) is 6.26. The summed E-state index contributed by atoms with van der Waals surface area (Å²) in [5.41, 5.74) is 0.890. The normalized spacial score (nSPS) is 15.4. The van der Waals surface area contributed by atoms with Crippen molar-refractivity contribution in [3.8, 4) is 0 Å². The van der Waals surface area contributed by atoms with Crippen LogP contribution >= 0.6 is 24.0 Å². The number of carbonyl (C=O) groups is 1. The van der Waals surface area contributed by atoms with E-state index >= 15 is 0 Å². The second-order valence-electron chi connectivity index (χ2n) is 6.26. The molecule has 0 radical (unpaired) electrons. The SMILES string of the molecule is CCNC(=NCC(OC)c1ccc(F)cc1)NCCCN1CCCC1=O.I. The van der Waals surface area contributed by atoms with Gasteiger partial charge in [-0.05, 0) is 37.5 Å². The number of hydrogen-bond acceptors (Lipinski definition) is 3. The maximum absolute atomic E-state index is 13.1. The number of carbonyl (C=O) groups excluding carboxylic acids is 1. The summed E-state index contributed by atoms with van der Waals surface area (Å²) >= 11 is 0. The lowest BCUT2D eigenvalue weighted by Gasteiger charge is -2.17. The Kier molecular flexibility index (Phi) is 11.3. The van der Waals surface area contributed by atoms with Crippen molar-refractivity contribution in [2.75, 3.05) is 39.8 Å². The summed E-state index contributed by atoms with van der Waals surface area (Å²) in [6.45, 7) is 5.59. The van der Waals surface area contributed by atoms with Gasteiger partial charge in [0.2, 0.25) is 5.91 Å². The number of guanidine groups is 1. The maximum Gasteiger partial charge on any atom is 0.222 e. The molecule has 1 amide bonds. The van der Waals surface area contributed by atoms with Gasteiger partial charge in [-0.25, -0.2) is 4.39 Å². The lowest BCUT2D eigenvalue weighted by molar-refractivity contribution is -0.127. The molecule has 6 nitrogen and oxygen atoms in total. The molecule has 0 spiro atoms. The summed E-state index contributed by atoms with van der Waals surface area (Å²) in [7, 11) is 1.62. The van der Waals surface area contributed by atoms with Gasteiger partial charge in [0.1, 0.15) is 11.9 Å². The van der Waals surface area contributed by atoms with E-state index in [1.54, 1.807) is 19.2 Å². The van der Waals surface area contributed by atoms with Gasteiger partial charge in [0, 0.05) is 39.7 Å². The van der Waals surface area contributed by atoms with Crippen molar-refractivity contribution in [3.63, 3.8) is 0 Å². The minimum atomic E-state index is -0.265. The Morgan fingerprint density at radius 1 is 1.33 bits per heavy atom. The molecule has 0 aromatic heterocycles. The number of halogens is 2. The summed E-state index contributed by atoms with van der Waals surface area (Å²) < 4.78 is 18.5. The minimum Gasteiger partial charge on any atom is -0.375 e. The van der Waals surface area contributed by atoms with Crippen LogP contribution in [0.5, 0.6) is 0 Å². The zero-order valence-corrected chi connectivity index (χ0v) is 18.4. The third-order valence-corrected chi connectivity index (χ3v) is 4.35. The predicted octanol–water partition coefficient (Wildman–Crippen LogP) is 2.70. The lowest BCUT2D eigenvalue weighted by Crippen LogP contribution is -2.39. The molecule has 0 bridgehead atoms. The van der Waals surface area contributed by atoms with Gasteiger partial charge in [-0.15, -0.1) is 24.0 Å². The lowest BCUT2D eigenvalue weighted by atomic mass is 10.1. The number of amides is 1. The van der Waals surface area contributed by atoms with Crippen LogP contribution in [0.3, 0.4) is 0 Å². The van der Waals surface area contributed by atoms with E-state index in [1.165, 1.54) is 12.1 Å². The first-order chi connectivity index (χ1) is 12.6. The Labute approximate surface area is 178 Å². The fourth-order valence-electron chi connectivity index (χ4n) is 2.93. The fourth-order valence-corrected chi connectivity index (χ4v) is 2.93. The Morgan fingerprint density at radius 2 is 2.07 bits per heavy atom. The molecule has 0 saturated carbocycles. The highest BCUT2D eigenvalue weighted by Crippen LogP contribution is 2.17. The number of likely N-dealkylation sites (tertiary alicyclic amines) is 1. The number of ether oxygens (including phenoxy) is 1. The van der Waals surface area contributed by atoms with Crippen LogP contribution < -0.4 is 10.6 Å². The molecule has 0 aliphatic carbocycles. The van der Waals surface area contributed by atoms with Crippen LogP contribution in [0.15, 0.2) is 29.3 Å². The van der Waals surface area contributed by atoms with Crippen LogP contribution in [0.4, 0.5) is 4.39 Å². The zero-order valence-electron chi connectivity index (χ0n) is 16.0. The van der Waals surface area contributed by atoms with Crippen molar-refractivity contribution in [1.29, 1.82) is 0 Å². The number of methoxy groups -OCH3 is 1. The highest BCUT2D eigenvalue weighted by atomic mass is 127. The van der Waals surface area contributed by atoms with Gasteiger partial charge < -0.3 is 20.3 Å². The average molecular weight is 492 g/mol. The topological polar surface area (TPSA) is 66.0 Å². The number of aliphatic imine (C=N–C) groups is 1. The van der Waals surface area contributed by atoms with Gasteiger partial charge in [0.25, 0.3) is 0 Å². The Balaban J connectivity index is 0.00000364. The van der Waals surface area contributed by atoms with E-state index in [2.05, 4.69) is 15.6 Å². The molecule has 2 rings (SSSR count). The second kappa shape index (κ2) is 12.9. The molecular weight excluding hydrogens is 462 g/mol. The van der Waals surface area contributed by atoms with Gasteiger partial charge in [-0.2, -0.15) is 0 Å². The van der Waals surface area contributed by atoms with Crippen LogP contribution in [-0.4, -0.2) is 56.6 Å². The summed E-state index contributed by atoms with van der Waals surface area (Å²) in [6, 6.07) is 6.28. The fraction of sp³-hybridized carbons (Fsp3) is 0.579. The van der Waals surface area contributed by atoms with Gasteiger partial charge in [0.05, 0.1) is 6.54 Å². The Bertz CT molecular complexity index is 598. The van der Waals surface area contributed by atoms with Crippen LogP contribution in [0.25, 0.3) is 0 Å². The van der Waals surface area contributed by atoms with Gasteiger partial charge >= 0.3 is 0 Å². The molecule has 1 heterocycles. The largest absolute Gasteiger partial charge is 0.375 e. The first-order valence-corrected chi connectivity index (χ1v) is 9.22. The molecule has 8 heteroatoms. The quantitative estimate of drug-likeness (QED) is 0.241. The number of nitrogens with zero attached hydrogens (tertiary/aromatic N) is 2. The van der Waals surface area contributed by atoms with Crippen molar-refractivity contribution in [1.82, 2.24) is 15.5 Å². The summed E-state index contributed by atoms with van der Waals surface area (Å²) in [5.74, 6) is 0.704. The standard InChI is InChI=1S/C19H29FN4O2.HI/c1-3-21-19(22-11-5-13-24-12-4-6-18(24)25)23-14-17(26-2)15-7-9-16(20)10-8-15;/h7-10,17H,3-6,11-14H2,1-2H3,(H2,21,22,23);1H. The van der Waals surface area contributed by atoms with Gasteiger partial charge in [0.15, 0.2) is 5.96 Å². The number of rotatable bonds is 9. The average Bonchev–Trinajstić information content (AvgIpc) is 3.05. The number of benzene rings is 1. The van der Waals surface area contributed by atoms with Crippen molar-refractivity contribution in [3.05, 3.63) is 35.6 Å². The summed E-state index contributed by atoms with van der Waals surface area (Å²) in [5, 5.41) is 6.49. The van der Waals surface area contributed by atoms with Crippen LogP contribution in [0.1, 0.15) is 37.9 Å². The third kappa shape index (κ3) is 8.00. The smallest absolute Gasteiger partial charge is 0.222 e. The van der Waals surface area contributed by atoms with Gasteiger partial charge in [-0.1, -0.05) is 12.1 Å². The molecule has 1 saturated heterocycles. The molecule has 152 valence electrons. The van der Waals surface area contributed by atoms with Crippen molar-refractivity contribution in [2.24, 2.45) is 4.99 Å². The molecule has 1 aromatic carbocycles. The molecular formula is C19H30FIN4O2. The van der Waals surface area contributed by atoms with Gasteiger partial charge in [-0.3, -0.25) is 9.79 Å². The molecule has 1 aliphatic heterocycles. The summed E-state index contributed by atoms with van der Waals surface area (Å²) in [6.07, 6.45) is 2.30. The molecule has 1 fully saturated rings. The molecule has 1 atom stereocenters. The molecule has 1 aliphatic rings. The van der Waals surface area contributed by atoms with E-state index in [1.807, 2.05) is 11.8 Å². The monoisotopic (exact) mass is 492 g/mol. The van der Waals surface area contributed by atoms with Crippen LogP contribution in [0, 0.1) is 5.82 Å². The van der Waals surface area contributed by atoms with E-state index in [0.717, 1.165) is 44.6 Å². The molecule has 1 unspecified atom stereocenters. The number of nitrogens with one attached hydrogen (secondary N) is 2. The van der Waals surface area contributed by atoms with E-state index in [9.17, 15) is 9.18 Å². The van der Waals surface area contributed by atoms with E-state index < -0.39 is 0 Å². The first kappa shape index (κ1) is 23.6. The predicted molar refractivity (Wildman–Crippen MR) is 116 cm³/mol. The van der Waals surface area contributed by atoms with E-state index in [4.69, 9.17) is 4.74 Å². The summed E-state index contributed by atoms with van der Waals surface area (Å²) in [4.78, 5) is 18.1. The first-order valence-electron chi connectivity index (χ1n) is 9.22. The highest BCUT2D eigenvalue weighted by Gasteiger charge is 2.19. The Morgan fingerprint density at radius 3 is 2.67 bits per heavy atom. The zero-order chi connectivity index (χ0) is 18.8. The van der Waals surface area contributed by atoms with E-state index in [0.29, 0.717) is 18.9 Å². The van der Waals surface area contributed by atoms with Crippen molar-refractivity contribution in [2.45, 2.75) is 32.3 Å². The maximum atomic E-state index is 13.1. The Hall–Kier alpha value is -1.42. The molecule has 1 aromatic rings. The minimum absolute atomic E-state index is 0. The van der Waals surface area contributed by atoms with Crippen LogP contribution in [-0.2, 0) is 9.53 Å².